The maximum absolute atomic E-state index is 11.3. The lowest BCUT2D eigenvalue weighted by atomic mass is 9.98. The van der Waals surface area contributed by atoms with E-state index in [1.54, 1.807) is 6.07 Å². The number of likely N-dealkylation sites (tertiary alicyclic amines) is 1. The van der Waals surface area contributed by atoms with Crippen molar-refractivity contribution >= 4 is 5.97 Å². The minimum Gasteiger partial charge on any atom is -0.490 e. The van der Waals surface area contributed by atoms with Gasteiger partial charge >= 0.3 is 5.97 Å². The van der Waals surface area contributed by atoms with Crippen molar-refractivity contribution in [2.24, 2.45) is 5.73 Å². The molecule has 1 heterocycles. The van der Waals surface area contributed by atoms with E-state index in [4.69, 9.17) is 10.5 Å². The highest BCUT2D eigenvalue weighted by molar-refractivity contribution is 5.77. The Bertz CT molecular complexity index is 456. The number of carbonyl (C=O) groups is 1. The number of carboxylic acid groups (broad SMARTS) is 1. The Morgan fingerprint density at radius 3 is 2.70 bits per heavy atom. The molecule has 3 N–H and O–H groups in total. The molecule has 1 aliphatic heterocycles. The molecule has 1 unspecified atom stereocenters. The van der Waals surface area contributed by atoms with Crippen LogP contribution in [0.2, 0.25) is 0 Å². The molecule has 5 nitrogen and oxygen atoms in total. The molecule has 5 heteroatoms. The summed E-state index contributed by atoms with van der Waals surface area (Å²) >= 11 is 0. The van der Waals surface area contributed by atoms with Crippen molar-refractivity contribution in [2.45, 2.75) is 24.9 Å². The molecule has 1 atom stereocenters. The van der Waals surface area contributed by atoms with Crippen LogP contribution in [-0.2, 0) is 4.79 Å². The van der Waals surface area contributed by atoms with Gasteiger partial charge in [0.05, 0.1) is 5.92 Å². The summed E-state index contributed by atoms with van der Waals surface area (Å²) in [5, 5.41) is 9.25. The molecule has 0 spiro atoms. The van der Waals surface area contributed by atoms with E-state index in [9.17, 15) is 9.90 Å². The molecule has 0 aromatic heterocycles. The molecule has 1 aromatic carbocycles. The summed E-state index contributed by atoms with van der Waals surface area (Å²) in [5.41, 5.74) is 6.25. The molecule has 1 aromatic rings. The third-order valence-corrected chi connectivity index (χ3v) is 3.79. The second-order valence-electron chi connectivity index (χ2n) is 5.28. The van der Waals surface area contributed by atoms with Gasteiger partial charge in [-0.25, -0.2) is 0 Å². The first-order chi connectivity index (χ1) is 9.61. The van der Waals surface area contributed by atoms with Gasteiger partial charge in [0.1, 0.15) is 11.9 Å². The van der Waals surface area contributed by atoms with Crippen molar-refractivity contribution in [3.63, 3.8) is 0 Å². The standard InChI is InChI=1S/C15H22N2O3/c1-17-8-6-11(7-9-17)20-14-5-3-2-4-12(14)13(10-16)15(18)19/h2-5,11,13H,6-10,16H2,1H3,(H,18,19). The van der Waals surface area contributed by atoms with Gasteiger partial charge in [0.25, 0.3) is 0 Å². The van der Waals surface area contributed by atoms with E-state index >= 15 is 0 Å². The first-order valence-corrected chi connectivity index (χ1v) is 6.98. The maximum Gasteiger partial charge on any atom is 0.312 e. The molecule has 1 saturated heterocycles. The topological polar surface area (TPSA) is 75.8 Å². The van der Waals surface area contributed by atoms with Crippen molar-refractivity contribution in [3.05, 3.63) is 29.8 Å². The minimum absolute atomic E-state index is 0.0725. The lowest BCUT2D eigenvalue weighted by molar-refractivity contribution is -0.138. The molecule has 0 radical (unpaired) electrons. The summed E-state index contributed by atoms with van der Waals surface area (Å²) in [7, 11) is 2.10. The molecular formula is C15H22N2O3. The predicted octanol–water partition coefficient (Wildman–Crippen LogP) is 1.29. The zero-order valence-electron chi connectivity index (χ0n) is 11.8. The van der Waals surface area contributed by atoms with Gasteiger partial charge < -0.3 is 20.5 Å². The van der Waals surface area contributed by atoms with Crippen LogP contribution in [0.25, 0.3) is 0 Å². The Morgan fingerprint density at radius 1 is 1.45 bits per heavy atom. The lowest BCUT2D eigenvalue weighted by Gasteiger charge is -2.30. The Hall–Kier alpha value is -1.59. The molecule has 2 rings (SSSR count). The molecule has 0 saturated carbocycles. The molecule has 110 valence electrons. The van der Waals surface area contributed by atoms with Crippen LogP contribution in [0, 0.1) is 0 Å². The van der Waals surface area contributed by atoms with Crippen LogP contribution in [0.15, 0.2) is 24.3 Å². The SMILES string of the molecule is CN1CCC(Oc2ccccc2C(CN)C(=O)O)CC1. The lowest BCUT2D eigenvalue weighted by Crippen LogP contribution is -2.36. The average Bonchev–Trinajstić information content (AvgIpc) is 2.43. The second kappa shape index (κ2) is 6.72. The number of hydrogen-bond donors (Lipinski definition) is 2. The zero-order valence-corrected chi connectivity index (χ0v) is 11.8. The third-order valence-electron chi connectivity index (χ3n) is 3.79. The summed E-state index contributed by atoms with van der Waals surface area (Å²) < 4.78 is 6.02. The van der Waals surface area contributed by atoms with Crippen LogP contribution >= 0.6 is 0 Å². The Labute approximate surface area is 119 Å². The highest BCUT2D eigenvalue weighted by Crippen LogP contribution is 2.28. The first kappa shape index (κ1) is 14.8. The van der Waals surface area contributed by atoms with Crippen LogP contribution < -0.4 is 10.5 Å². The van der Waals surface area contributed by atoms with Gasteiger partial charge in [-0.1, -0.05) is 18.2 Å². The number of para-hydroxylation sites is 1. The molecule has 1 aliphatic rings. The summed E-state index contributed by atoms with van der Waals surface area (Å²) in [6.07, 6.45) is 2.08. The van der Waals surface area contributed by atoms with E-state index in [0.717, 1.165) is 25.9 Å². The second-order valence-corrected chi connectivity index (χ2v) is 5.28. The van der Waals surface area contributed by atoms with Crippen molar-refractivity contribution < 1.29 is 14.6 Å². The van der Waals surface area contributed by atoms with Gasteiger partial charge in [0.15, 0.2) is 0 Å². The van der Waals surface area contributed by atoms with Gasteiger partial charge in [-0.3, -0.25) is 4.79 Å². The minimum atomic E-state index is -0.910. The number of hydrogen-bond acceptors (Lipinski definition) is 4. The quantitative estimate of drug-likeness (QED) is 0.848. The number of ether oxygens (including phenoxy) is 1. The Balaban J connectivity index is 2.13. The van der Waals surface area contributed by atoms with E-state index in [1.807, 2.05) is 18.2 Å². The summed E-state index contributed by atoms with van der Waals surface area (Å²) in [6, 6.07) is 7.31. The number of nitrogens with two attached hydrogens (primary N) is 1. The number of aliphatic carboxylic acids is 1. The van der Waals surface area contributed by atoms with Crippen LogP contribution in [0.1, 0.15) is 24.3 Å². The predicted molar refractivity (Wildman–Crippen MR) is 77.0 cm³/mol. The largest absolute Gasteiger partial charge is 0.490 e. The molecule has 0 aliphatic carbocycles. The Morgan fingerprint density at radius 2 is 2.10 bits per heavy atom. The van der Waals surface area contributed by atoms with E-state index < -0.39 is 11.9 Å². The van der Waals surface area contributed by atoms with Crippen molar-refractivity contribution in [3.8, 4) is 5.75 Å². The number of rotatable bonds is 5. The van der Waals surface area contributed by atoms with E-state index in [2.05, 4.69) is 11.9 Å². The van der Waals surface area contributed by atoms with Gasteiger partial charge in [0, 0.05) is 25.2 Å². The highest BCUT2D eigenvalue weighted by atomic mass is 16.5. The van der Waals surface area contributed by atoms with Crippen LogP contribution in [0.5, 0.6) is 5.75 Å². The monoisotopic (exact) mass is 278 g/mol. The fraction of sp³-hybridized carbons (Fsp3) is 0.533. The van der Waals surface area contributed by atoms with Gasteiger partial charge in [-0.2, -0.15) is 0 Å². The highest BCUT2D eigenvalue weighted by Gasteiger charge is 2.24. The van der Waals surface area contributed by atoms with Gasteiger partial charge in [-0.05, 0) is 26.0 Å². The van der Waals surface area contributed by atoms with Gasteiger partial charge in [0.2, 0.25) is 0 Å². The third kappa shape index (κ3) is 3.49. The van der Waals surface area contributed by atoms with Crippen molar-refractivity contribution in [2.75, 3.05) is 26.7 Å². The average molecular weight is 278 g/mol. The van der Waals surface area contributed by atoms with Crippen molar-refractivity contribution in [1.29, 1.82) is 0 Å². The zero-order chi connectivity index (χ0) is 14.5. The fourth-order valence-electron chi connectivity index (χ4n) is 2.52. The Kier molecular flexibility index (Phi) is 4.98. The van der Waals surface area contributed by atoms with Crippen LogP contribution in [0.3, 0.4) is 0 Å². The van der Waals surface area contributed by atoms with Crippen LogP contribution in [-0.4, -0.2) is 48.8 Å². The van der Waals surface area contributed by atoms with E-state index in [0.29, 0.717) is 11.3 Å². The summed E-state index contributed by atoms with van der Waals surface area (Å²) in [4.78, 5) is 13.5. The first-order valence-electron chi connectivity index (χ1n) is 6.98. The normalized spacial score (nSPS) is 18.7. The smallest absolute Gasteiger partial charge is 0.312 e. The van der Waals surface area contributed by atoms with E-state index in [1.165, 1.54) is 0 Å². The fourth-order valence-corrected chi connectivity index (χ4v) is 2.52. The molecule has 0 amide bonds. The number of piperidine rings is 1. The number of carboxylic acids is 1. The van der Waals surface area contributed by atoms with Crippen LogP contribution in [0.4, 0.5) is 0 Å². The number of benzene rings is 1. The summed E-state index contributed by atoms with van der Waals surface area (Å²) in [6.45, 7) is 2.08. The van der Waals surface area contributed by atoms with Crippen molar-refractivity contribution in [1.82, 2.24) is 4.90 Å². The molecule has 1 fully saturated rings. The number of nitrogens with zero attached hydrogens (tertiary/aromatic N) is 1. The molecule has 0 bridgehead atoms. The summed E-state index contributed by atoms with van der Waals surface area (Å²) in [5.74, 6) is -0.968. The molecular weight excluding hydrogens is 256 g/mol. The van der Waals surface area contributed by atoms with Gasteiger partial charge in [-0.15, -0.1) is 0 Å². The maximum atomic E-state index is 11.3. The molecule has 20 heavy (non-hydrogen) atoms. The van der Waals surface area contributed by atoms with E-state index in [-0.39, 0.29) is 12.6 Å².